The molecular formula is C14H21N3O3. The van der Waals surface area contributed by atoms with Crippen molar-refractivity contribution in [3.05, 3.63) is 35.4 Å². The molecule has 0 atom stereocenters. The Balaban J connectivity index is 2.43. The van der Waals surface area contributed by atoms with E-state index in [-0.39, 0.29) is 24.9 Å². The molecule has 1 aromatic carbocycles. The van der Waals surface area contributed by atoms with Gasteiger partial charge in [0.2, 0.25) is 5.91 Å². The van der Waals surface area contributed by atoms with E-state index in [1.54, 1.807) is 0 Å². The smallest absolute Gasteiger partial charge is 0.310 e. The number of rotatable bonds is 8. The van der Waals surface area contributed by atoms with E-state index in [0.29, 0.717) is 26.1 Å². The largest absolute Gasteiger partial charge is 0.464 e. The molecule has 0 aliphatic rings. The molecule has 6 heteroatoms. The summed E-state index contributed by atoms with van der Waals surface area (Å²) in [5.74, 6) is -0.366. The molecule has 0 aliphatic heterocycles. The van der Waals surface area contributed by atoms with Gasteiger partial charge < -0.3 is 21.5 Å². The average molecular weight is 279 g/mol. The van der Waals surface area contributed by atoms with Crippen LogP contribution in [0, 0.1) is 0 Å². The van der Waals surface area contributed by atoms with Crippen molar-refractivity contribution >= 4 is 11.9 Å². The quantitative estimate of drug-likeness (QED) is 0.548. The van der Waals surface area contributed by atoms with E-state index >= 15 is 0 Å². The van der Waals surface area contributed by atoms with E-state index in [2.05, 4.69) is 5.32 Å². The minimum atomic E-state index is -0.302. The van der Waals surface area contributed by atoms with Crippen LogP contribution in [0.1, 0.15) is 11.1 Å². The molecular weight excluding hydrogens is 258 g/mol. The number of carbonyl (C=O) groups excluding carboxylic acids is 2. The van der Waals surface area contributed by atoms with Gasteiger partial charge in [-0.15, -0.1) is 0 Å². The fourth-order valence-corrected chi connectivity index (χ4v) is 1.62. The molecule has 1 aromatic rings. The number of nitrogens with two attached hydrogens (primary N) is 2. The molecule has 110 valence electrons. The van der Waals surface area contributed by atoms with Crippen LogP contribution in [0.2, 0.25) is 0 Å². The zero-order valence-corrected chi connectivity index (χ0v) is 11.4. The molecule has 20 heavy (non-hydrogen) atoms. The van der Waals surface area contributed by atoms with Crippen molar-refractivity contribution in [2.45, 2.75) is 12.8 Å². The summed E-state index contributed by atoms with van der Waals surface area (Å²) in [5.41, 5.74) is 12.3. The summed E-state index contributed by atoms with van der Waals surface area (Å²) in [6.45, 7) is 1.46. The Kier molecular flexibility index (Phi) is 7.31. The van der Waals surface area contributed by atoms with Gasteiger partial charge >= 0.3 is 5.97 Å². The molecule has 1 rings (SSSR count). The van der Waals surface area contributed by atoms with Crippen LogP contribution in [0.3, 0.4) is 0 Å². The number of hydrogen-bond donors (Lipinski definition) is 3. The summed E-state index contributed by atoms with van der Waals surface area (Å²) in [4.78, 5) is 22.9. The van der Waals surface area contributed by atoms with Crippen molar-refractivity contribution in [1.82, 2.24) is 5.32 Å². The zero-order chi connectivity index (χ0) is 14.8. The van der Waals surface area contributed by atoms with Gasteiger partial charge in [0.05, 0.1) is 12.8 Å². The highest BCUT2D eigenvalue weighted by Crippen LogP contribution is 2.06. The lowest BCUT2D eigenvalue weighted by Crippen LogP contribution is -2.30. The van der Waals surface area contributed by atoms with Gasteiger partial charge in [-0.3, -0.25) is 9.59 Å². The maximum Gasteiger partial charge on any atom is 0.310 e. The van der Waals surface area contributed by atoms with Crippen LogP contribution in [0.5, 0.6) is 0 Å². The van der Waals surface area contributed by atoms with E-state index in [9.17, 15) is 9.59 Å². The number of hydrogen-bond acceptors (Lipinski definition) is 5. The van der Waals surface area contributed by atoms with Gasteiger partial charge in [0.1, 0.15) is 6.61 Å². The van der Waals surface area contributed by atoms with Gasteiger partial charge in [0.25, 0.3) is 0 Å². The fraction of sp³-hybridized carbons (Fsp3) is 0.429. The lowest BCUT2D eigenvalue weighted by Gasteiger charge is -2.06. The zero-order valence-electron chi connectivity index (χ0n) is 11.4. The number of esters is 1. The Bertz CT molecular complexity index is 391. The van der Waals surface area contributed by atoms with Crippen LogP contribution in [-0.4, -0.2) is 38.1 Å². The second-order valence-electron chi connectivity index (χ2n) is 4.32. The minimum absolute atomic E-state index is 0.0643. The molecule has 0 fully saturated rings. The first-order valence-electron chi connectivity index (χ1n) is 6.56. The van der Waals surface area contributed by atoms with Crippen molar-refractivity contribution in [3.8, 4) is 0 Å². The predicted molar refractivity (Wildman–Crippen MR) is 75.9 cm³/mol. The Hall–Kier alpha value is -1.92. The van der Waals surface area contributed by atoms with E-state index in [1.807, 2.05) is 24.3 Å². The molecule has 0 radical (unpaired) electrons. The van der Waals surface area contributed by atoms with Crippen molar-refractivity contribution in [2.75, 3.05) is 26.2 Å². The molecule has 0 unspecified atom stereocenters. The number of nitrogens with one attached hydrogen (secondary N) is 1. The lowest BCUT2D eigenvalue weighted by molar-refractivity contribution is -0.142. The van der Waals surface area contributed by atoms with Crippen molar-refractivity contribution in [1.29, 1.82) is 0 Å². The third-order valence-electron chi connectivity index (χ3n) is 2.58. The summed E-state index contributed by atoms with van der Waals surface area (Å²) in [6.07, 6.45) is 0.511. The summed E-state index contributed by atoms with van der Waals surface area (Å²) in [5, 5.41) is 2.70. The van der Waals surface area contributed by atoms with Gasteiger partial charge in [-0.25, -0.2) is 0 Å². The SMILES string of the molecule is NCCNC(=O)Cc1ccc(CC(=O)OCCN)cc1. The van der Waals surface area contributed by atoms with Crippen LogP contribution in [-0.2, 0) is 27.2 Å². The fourth-order valence-electron chi connectivity index (χ4n) is 1.62. The monoisotopic (exact) mass is 279 g/mol. The Morgan fingerprint density at radius 3 is 2.15 bits per heavy atom. The summed E-state index contributed by atoms with van der Waals surface area (Å²) < 4.78 is 4.89. The molecule has 1 amide bonds. The lowest BCUT2D eigenvalue weighted by atomic mass is 10.1. The molecule has 0 heterocycles. The second kappa shape index (κ2) is 9.06. The molecule has 0 saturated heterocycles. The molecule has 6 nitrogen and oxygen atoms in total. The van der Waals surface area contributed by atoms with Gasteiger partial charge in [-0.05, 0) is 11.1 Å². The number of ether oxygens (including phenoxy) is 1. The normalized spacial score (nSPS) is 10.1. The first-order chi connectivity index (χ1) is 9.65. The molecule has 0 saturated carbocycles. The van der Waals surface area contributed by atoms with Crippen molar-refractivity contribution in [3.63, 3.8) is 0 Å². The maximum atomic E-state index is 11.5. The Labute approximate surface area is 118 Å². The highest BCUT2D eigenvalue weighted by Gasteiger charge is 2.06. The van der Waals surface area contributed by atoms with Crippen LogP contribution >= 0.6 is 0 Å². The minimum Gasteiger partial charge on any atom is -0.464 e. The van der Waals surface area contributed by atoms with Crippen molar-refractivity contribution in [2.24, 2.45) is 11.5 Å². The van der Waals surface area contributed by atoms with Crippen LogP contribution < -0.4 is 16.8 Å². The van der Waals surface area contributed by atoms with Gasteiger partial charge in [0, 0.05) is 19.6 Å². The molecule has 0 aromatic heterocycles. The van der Waals surface area contributed by atoms with Gasteiger partial charge in [0.15, 0.2) is 0 Å². The standard InChI is InChI=1S/C14H21N3O3/c15-5-7-17-13(18)9-11-1-3-12(4-2-11)10-14(19)20-8-6-16/h1-4H,5-10,15-16H2,(H,17,18). The highest BCUT2D eigenvalue weighted by atomic mass is 16.5. The van der Waals surface area contributed by atoms with Crippen LogP contribution in [0.25, 0.3) is 0 Å². The Morgan fingerprint density at radius 1 is 1.00 bits per heavy atom. The number of carbonyl (C=O) groups is 2. The summed E-state index contributed by atoms with van der Waals surface area (Å²) in [7, 11) is 0. The number of amides is 1. The van der Waals surface area contributed by atoms with E-state index in [4.69, 9.17) is 16.2 Å². The van der Waals surface area contributed by atoms with Crippen LogP contribution in [0.15, 0.2) is 24.3 Å². The maximum absolute atomic E-state index is 11.5. The van der Waals surface area contributed by atoms with Gasteiger partial charge in [-0.2, -0.15) is 0 Å². The molecule has 0 aliphatic carbocycles. The van der Waals surface area contributed by atoms with Gasteiger partial charge in [-0.1, -0.05) is 24.3 Å². The molecule has 0 bridgehead atoms. The highest BCUT2D eigenvalue weighted by molar-refractivity contribution is 5.78. The molecule has 0 spiro atoms. The van der Waals surface area contributed by atoms with E-state index in [0.717, 1.165) is 11.1 Å². The predicted octanol–water partition coefficient (Wildman–Crippen LogP) is -0.652. The Morgan fingerprint density at radius 2 is 1.60 bits per heavy atom. The van der Waals surface area contributed by atoms with Crippen LogP contribution in [0.4, 0.5) is 0 Å². The number of benzene rings is 1. The second-order valence-corrected chi connectivity index (χ2v) is 4.32. The topological polar surface area (TPSA) is 107 Å². The van der Waals surface area contributed by atoms with E-state index in [1.165, 1.54) is 0 Å². The van der Waals surface area contributed by atoms with E-state index < -0.39 is 0 Å². The summed E-state index contributed by atoms with van der Waals surface area (Å²) >= 11 is 0. The third-order valence-corrected chi connectivity index (χ3v) is 2.58. The van der Waals surface area contributed by atoms with Crippen molar-refractivity contribution < 1.29 is 14.3 Å². The first-order valence-corrected chi connectivity index (χ1v) is 6.56. The summed E-state index contributed by atoms with van der Waals surface area (Å²) in [6, 6.07) is 7.28. The first kappa shape index (κ1) is 16.1. The average Bonchev–Trinajstić information content (AvgIpc) is 2.45. The third kappa shape index (κ3) is 6.31. The molecule has 5 N–H and O–H groups in total.